The van der Waals surface area contributed by atoms with Crippen molar-refractivity contribution in [2.75, 3.05) is 0 Å². The van der Waals surface area contributed by atoms with Gasteiger partial charge in [0.1, 0.15) is 0 Å². The Morgan fingerprint density at radius 2 is 2.71 bits per heavy atom. The van der Waals surface area contributed by atoms with Gasteiger partial charge in [0, 0.05) is 2.74 Å². The van der Waals surface area contributed by atoms with E-state index in [4.69, 9.17) is 7.85 Å². The SMILES string of the molecule is [2H][C@H](C)[C@@]([2H])(C)C(=O)O. The molecule has 0 bridgehead atoms. The van der Waals surface area contributed by atoms with Crippen LogP contribution in [0.5, 0.6) is 0 Å². The first kappa shape index (κ1) is 3.47. The van der Waals surface area contributed by atoms with E-state index >= 15 is 0 Å². The molecule has 7 heavy (non-hydrogen) atoms. The minimum absolute atomic E-state index is 0.894. The fourth-order valence-electron chi connectivity index (χ4n) is 0.123. The summed E-state index contributed by atoms with van der Waals surface area (Å²) >= 11 is 0. The highest BCUT2D eigenvalue weighted by atomic mass is 16.4. The van der Waals surface area contributed by atoms with E-state index in [1.165, 1.54) is 13.8 Å². The number of carboxylic acid groups (broad SMARTS) is 1. The van der Waals surface area contributed by atoms with E-state index < -0.39 is 18.3 Å². The number of hydrogen-bond acceptors (Lipinski definition) is 1. The molecule has 2 atom stereocenters. The molecule has 0 spiro atoms. The topological polar surface area (TPSA) is 37.3 Å². The van der Waals surface area contributed by atoms with Gasteiger partial charge in [-0.15, -0.1) is 0 Å². The molecular formula is C5H10O2. The van der Waals surface area contributed by atoms with Gasteiger partial charge in [-0.25, -0.2) is 0 Å². The highest BCUT2D eigenvalue weighted by molar-refractivity contribution is 5.69. The summed E-state index contributed by atoms with van der Waals surface area (Å²) in [6, 6.07) is 0. The molecule has 0 aliphatic heterocycles. The van der Waals surface area contributed by atoms with E-state index in [1.54, 1.807) is 0 Å². The lowest BCUT2D eigenvalue weighted by atomic mass is 10.1. The third-order valence-corrected chi connectivity index (χ3v) is 0.770. The maximum atomic E-state index is 10.2. The number of rotatable bonds is 2. The average Bonchev–Trinajstić information content (AvgIpc) is 1.65. The molecule has 42 valence electrons. The molecule has 0 fully saturated rings. The standard InChI is InChI=1S/C5H10O2/c1-3-4(2)5(6)7/h4H,3H2,1-2H3,(H,6,7)/t4-/m1/s1/i3D,4D/t3-,4-. The van der Waals surface area contributed by atoms with Crippen molar-refractivity contribution < 1.29 is 12.6 Å². The predicted molar refractivity (Wildman–Crippen MR) is 27.1 cm³/mol. The van der Waals surface area contributed by atoms with Crippen molar-refractivity contribution in [1.29, 1.82) is 0 Å². The van der Waals surface area contributed by atoms with Crippen LogP contribution in [0.15, 0.2) is 0 Å². The summed E-state index contributed by atoms with van der Waals surface area (Å²) in [5.41, 5.74) is 0. The maximum Gasteiger partial charge on any atom is 0.306 e. The van der Waals surface area contributed by atoms with Gasteiger partial charge in [-0.3, -0.25) is 4.79 Å². The Morgan fingerprint density at radius 3 is 2.71 bits per heavy atom. The molecule has 0 aromatic heterocycles. The molecule has 0 saturated heterocycles. The summed E-state index contributed by atoms with van der Waals surface area (Å²) in [7, 11) is 0. The fourth-order valence-corrected chi connectivity index (χ4v) is 0.123. The van der Waals surface area contributed by atoms with E-state index in [9.17, 15) is 4.79 Å². The zero-order valence-corrected chi connectivity index (χ0v) is 4.43. The lowest BCUT2D eigenvalue weighted by molar-refractivity contribution is -0.141. The van der Waals surface area contributed by atoms with E-state index in [1.807, 2.05) is 0 Å². The molecule has 0 aliphatic carbocycles. The van der Waals surface area contributed by atoms with Gasteiger partial charge < -0.3 is 5.11 Å². The minimum atomic E-state index is -1.67. The molecule has 0 amide bonds. The second-order valence-corrected chi connectivity index (χ2v) is 1.28. The van der Waals surface area contributed by atoms with Crippen LogP contribution < -0.4 is 0 Å². The van der Waals surface area contributed by atoms with E-state index in [2.05, 4.69) is 0 Å². The van der Waals surface area contributed by atoms with Crippen LogP contribution in [0.25, 0.3) is 0 Å². The van der Waals surface area contributed by atoms with Gasteiger partial charge in [-0.05, 0) is 6.40 Å². The van der Waals surface area contributed by atoms with Crippen molar-refractivity contribution in [1.82, 2.24) is 0 Å². The van der Waals surface area contributed by atoms with Crippen LogP contribution in [-0.2, 0) is 4.79 Å². The lowest BCUT2D eigenvalue weighted by Crippen LogP contribution is -2.06. The third-order valence-electron chi connectivity index (χ3n) is 0.770. The van der Waals surface area contributed by atoms with Crippen molar-refractivity contribution in [3.63, 3.8) is 0 Å². The molecular weight excluding hydrogens is 92.1 g/mol. The Hall–Kier alpha value is -0.530. The maximum absolute atomic E-state index is 10.2. The normalized spacial score (nSPS) is 26.6. The van der Waals surface area contributed by atoms with Gasteiger partial charge in [0.25, 0.3) is 0 Å². The summed E-state index contributed by atoms with van der Waals surface area (Å²) in [5.74, 6) is -2.91. The summed E-state index contributed by atoms with van der Waals surface area (Å²) in [6.45, 7) is 2.61. The average molecular weight is 104 g/mol. The third kappa shape index (κ3) is 2.20. The molecule has 0 radical (unpaired) electrons. The Kier molecular flexibility index (Phi) is 1.29. The Morgan fingerprint density at radius 1 is 2.29 bits per heavy atom. The molecule has 0 saturated carbocycles. The van der Waals surface area contributed by atoms with E-state index in [-0.39, 0.29) is 0 Å². The lowest BCUT2D eigenvalue weighted by Gasteiger charge is -1.96. The molecule has 2 nitrogen and oxygen atoms in total. The van der Waals surface area contributed by atoms with Gasteiger partial charge in [0.05, 0.1) is 5.89 Å². The summed E-state index contributed by atoms with van der Waals surface area (Å²) in [6.07, 6.45) is -0.894. The number of hydrogen-bond donors (Lipinski definition) is 1. The van der Waals surface area contributed by atoms with E-state index in [0.717, 1.165) is 0 Å². The fraction of sp³-hybridized carbons (Fsp3) is 0.800. The molecule has 0 heterocycles. The Labute approximate surface area is 46.0 Å². The van der Waals surface area contributed by atoms with Crippen LogP contribution >= 0.6 is 0 Å². The van der Waals surface area contributed by atoms with Crippen molar-refractivity contribution in [3.8, 4) is 0 Å². The van der Waals surface area contributed by atoms with Gasteiger partial charge in [0.15, 0.2) is 0 Å². The molecule has 0 aromatic carbocycles. The Bertz CT molecular complexity index is 120. The van der Waals surface area contributed by atoms with Gasteiger partial charge in [-0.2, -0.15) is 0 Å². The Balaban J connectivity index is 4.19. The van der Waals surface area contributed by atoms with Crippen LogP contribution in [0.1, 0.15) is 23.0 Å². The van der Waals surface area contributed by atoms with Crippen molar-refractivity contribution in [3.05, 3.63) is 0 Å². The zero-order valence-electron chi connectivity index (χ0n) is 6.43. The highest BCUT2D eigenvalue weighted by Gasteiger charge is 2.05. The number of aliphatic carboxylic acids is 1. The van der Waals surface area contributed by atoms with Gasteiger partial charge in [-0.1, -0.05) is 13.8 Å². The van der Waals surface area contributed by atoms with Crippen molar-refractivity contribution in [2.24, 2.45) is 5.89 Å². The molecule has 0 rings (SSSR count). The monoisotopic (exact) mass is 104 g/mol. The summed E-state index contributed by atoms with van der Waals surface area (Å²) in [4.78, 5) is 10.2. The largest absolute Gasteiger partial charge is 0.481 e. The van der Waals surface area contributed by atoms with Gasteiger partial charge in [0.2, 0.25) is 0 Å². The highest BCUT2D eigenvalue weighted by Crippen LogP contribution is 1.97. The zero-order chi connectivity index (χ0) is 7.65. The molecule has 1 N–H and O–H groups in total. The van der Waals surface area contributed by atoms with Crippen LogP contribution in [-0.4, -0.2) is 11.1 Å². The number of carboxylic acids is 1. The molecule has 0 unspecified atom stereocenters. The van der Waals surface area contributed by atoms with Crippen LogP contribution in [0.4, 0.5) is 0 Å². The minimum Gasteiger partial charge on any atom is -0.481 e. The van der Waals surface area contributed by atoms with Crippen LogP contribution in [0, 0.1) is 5.89 Å². The first-order valence-electron chi connectivity index (χ1n) is 3.12. The predicted octanol–water partition coefficient (Wildman–Crippen LogP) is 1.12. The van der Waals surface area contributed by atoms with Crippen molar-refractivity contribution >= 4 is 5.97 Å². The molecule has 0 aromatic rings. The van der Waals surface area contributed by atoms with Crippen LogP contribution in [0.2, 0.25) is 0 Å². The first-order valence-corrected chi connectivity index (χ1v) is 2.04. The number of carbonyl (C=O) groups is 1. The molecule has 0 aliphatic rings. The summed E-state index contributed by atoms with van der Waals surface area (Å²) < 4.78 is 14.0. The quantitative estimate of drug-likeness (QED) is 0.570. The smallest absolute Gasteiger partial charge is 0.306 e. The van der Waals surface area contributed by atoms with Gasteiger partial charge >= 0.3 is 5.97 Å². The summed E-state index contributed by atoms with van der Waals surface area (Å²) in [5, 5.41) is 8.30. The second-order valence-electron chi connectivity index (χ2n) is 1.28. The van der Waals surface area contributed by atoms with Crippen LogP contribution in [0.3, 0.4) is 0 Å². The molecule has 2 heteroatoms. The van der Waals surface area contributed by atoms with Crippen molar-refractivity contribution in [2.45, 2.75) is 20.2 Å². The van der Waals surface area contributed by atoms with E-state index in [0.29, 0.717) is 0 Å². The first-order chi connectivity index (χ1) is 3.89. The second kappa shape index (κ2) is 2.61.